The first-order chi connectivity index (χ1) is 7.24. The topological polar surface area (TPSA) is 6.48 Å². The van der Waals surface area contributed by atoms with Crippen molar-refractivity contribution in [2.75, 3.05) is 39.8 Å². The molecule has 0 aromatic heterocycles. The Morgan fingerprint density at radius 1 is 1.07 bits per heavy atom. The molecule has 0 atom stereocenters. The van der Waals surface area contributed by atoms with E-state index in [9.17, 15) is 0 Å². The molecule has 15 heavy (non-hydrogen) atoms. The third-order valence-electron chi connectivity index (χ3n) is 3.67. The van der Waals surface area contributed by atoms with Crippen molar-refractivity contribution < 1.29 is 0 Å². The Labute approximate surface area is 95.6 Å². The number of piperidine rings is 1. The second-order valence-corrected chi connectivity index (χ2v) is 5.01. The van der Waals surface area contributed by atoms with Gasteiger partial charge >= 0.3 is 0 Å². The fourth-order valence-electron chi connectivity index (χ4n) is 2.98. The summed E-state index contributed by atoms with van der Waals surface area (Å²) in [6.07, 6.45) is 4.20. The number of hydrogen-bond acceptors (Lipinski definition) is 2. The molecule has 0 unspecified atom stereocenters. The lowest BCUT2D eigenvalue weighted by Gasteiger charge is -2.53. The van der Waals surface area contributed by atoms with Crippen LogP contribution in [0.3, 0.4) is 0 Å². The minimum Gasteiger partial charge on any atom is -0.305 e. The van der Waals surface area contributed by atoms with Gasteiger partial charge in [-0.1, -0.05) is 20.8 Å². The third-order valence-corrected chi connectivity index (χ3v) is 3.67. The van der Waals surface area contributed by atoms with Crippen LogP contribution in [-0.4, -0.2) is 49.6 Å². The van der Waals surface area contributed by atoms with Gasteiger partial charge in [-0.15, -0.1) is 0 Å². The average molecular weight is 212 g/mol. The van der Waals surface area contributed by atoms with Crippen molar-refractivity contribution in [3.05, 3.63) is 0 Å². The first-order valence-electron chi connectivity index (χ1n) is 6.65. The highest BCUT2D eigenvalue weighted by atomic mass is 15.2. The van der Waals surface area contributed by atoms with E-state index in [1.54, 1.807) is 0 Å². The smallest absolute Gasteiger partial charge is 0.00484 e. The molecule has 2 aliphatic rings. The molecule has 2 heteroatoms. The van der Waals surface area contributed by atoms with Crippen LogP contribution in [0, 0.1) is 5.41 Å². The lowest BCUT2D eigenvalue weighted by molar-refractivity contribution is -0.0312. The van der Waals surface area contributed by atoms with E-state index in [2.05, 4.69) is 23.8 Å². The lowest BCUT2D eigenvalue weighted by Crippen LogP contribution is -2.58. The van der Waals surface area contributed by atoms with Gasteiger partial charge in [0, 0.05) is 13.1 Å². The van der Waals surface area contributed by atoms with Gasteiger partial charge in [-0.2, -0.15) is 0 Å². The molecule has 0 radical (unpaired) electrons. The maximum absolute atomic E-state index is 2.63. The monoisotopic (exact) mass is 212 g/mol. The van der Waals surface area contributed by atoms with Crippen molar-refractivity contribution >= 4 is 0 Å². The van der Waals surface area contributed by atoms with Crippen molar-refractivity contribution in [1.29, 1.82) is 0 Å². The van der Waals surface area contributed by atoms with E-state index in [0.29, 0.717) is 0 Å². The van der Waals surface area contributed by atoms with Crippen molar-refractivity contribution in [3.8, 4) is 0 Å². The van der Waals surface area contributed by atoms with Crippen molar-refractivity contribution in [3.63, 3.8) is 0 Å². The van der Waals surface area contributed by atoms with E-state index >= 15 is 0 Å². The van der Waals surface area contributed by atoms with Crippen molar-refractivity contribution in [2.24, 2.45) is 5.41 Å². The van der Waals surface area contributed by atoms with E-state index in [0.717, 1.165) is 5.41 Å². The summed E-state index contributed by atoms with van der Waals surface area (Å²) in [5.41, 5.74) is 0.735. The molecule has 0 aliphatic carbocycles. The predicted octanol–water partition coefficient (Wildman–Crippen LogP) is 2.45. The molecule has 2 heterocycles. The van der Waals surface area contributed by atoms with Crippen LogP contribution in [0.4, 0.5) is 0 Å². The zero-order valence-corrected chi connectivity index (χ0v) is 11.1. The standard InChI is InChI=1S/C11H22N2.C2H6/c1-3-6-13-7-4-11(5-8-13)9-12(2)10-11;1-2/h3-10H2,1-2H3;1-2H3. The second-order valence-electron chi connectivity index (χ2n) is 5.01. The first kappa shape index (κ1) is 13.0. The van der Waals surface area contributed by atoms with E-state index in [4.69, 9.17) is 0 Å². The third kappa shape index (κ3) is 3.18. The molecule has 2 nitrogen and oxygen atoms in total. The van der Waals surface area contributed by atoms with Crippen LogP contribution in [0.2, 0.25) is 0 Å². The molecule has 0 aromatic carbocycles. The molecule has 1 spiro atoms. The average Bonchev–Trinajstić information content (AvgIpc) is 2.23. The quantitative estimate of drug-likeness (QED) is 0.694. The first-order valence-corrected chi connectivity index (χ1v) is 6.65. The molecule has 0 N–H and O–H groups in total. The van der Waals surface area contributed by atoms with Gasteiger partial charge in [0.15, 0.2) is 0 Å². The normalized spacial score (nSPS) is 25.6. The Morgan fingerprint density at radius 3 is 2.00 bits per heavy atom. The highest BCUT2D eigenvalue weighted by Gasteiger charge is 2.42. The van der Waals surface area contributed by atoms with E-state index < -0.39 is 0 Å². The van der Waals surface area contributed by atoms with Gasteiger partial charge in [0.2, 0.25) is 0 Å². The van der Waals surface area contributed by atoms with E-state index in [-0.39, 0.29) is 0 Å². The van der Waals surface area contributed by atoms with Crippen molar-refractivity contribution in [1.82, 2.24) is 9.80 Å². The molecule has 2 fully saturated rings. The highest BCUT2D eigenvalue weighted by Crippen LogP contribution is 2.39. The Balaban J connectivity index is 0.000000531. The fraction of sp³-hybridized carbons (Fsp3) is 1.00. The molecule has 90 valence electrons. The lowest BCUT2D eigenvalue weighted by atomic mass is 9.72. The van der Waals surface area contributed by atoms with Gasteiger partial charge in [-0.05, 0) is 51.4 Å². The summed E-state index contributed by atoms with van der Waals surface area (Å²) >= 11 is 0. The molecule has 2 aliphatic heterocycles. The zero-order valence-electron chi connectivity index (χ0n) is 11.1. The van der Waals surface area contributed by atoms with Gasteiger partial charge in [0.25, 0.3) is 0 Å². The Morgan fingerprint density at radius 2 is 1.60 bits per heavy atom. The minimum atomic E-state index is 0.735. The zero-order chi connectivity index (χ0) is 11.3. The largest absolute Gasteiger partial charge is 0.305 e. The molecule has 0 amide bonds. The Bertz CT molecular complexity index is 163. The van der Waals surface area contributed by atoms with Gasteiger partial charge in [-0.25, -0.2) is 0 Å². The molecule has 0 saturated carbocycles. The van der Waals surface area contributed by atoms with Crippen LogP contribution in [0.25, 0.3) is 0 Å². The Kier molecular flexibility index (Phi) is 5.07. The second kappa shape index (κ2) is 5.86. The molecule has 2 saturated heterocycles. The van der Waals surface area contributed by atoms with Crippen molar-refractivity contribution in [2.45, 2.75) is 40.0 Å². The van der Waals surface area contributed by atoms with E-state index in [1.807, 2.05) is 13.8 Å². The maximum Gasteiger partial charge on any atom is 0.00484 e. The summed E-state index contributed by atoms with van der Waals surface area (Å²) in [6.45, 7) is 13.0. The summed E-state index contributed by atoms with van der Waals surface area (Å²) in [7, 11) is 2.24. The van der Waals surface area contributed by atoms with Crippen LogP contribution >= 0.6 is 0 Å². The number of rotatable bonds is 2. The van der Waals surface area contributed by atoms with E-state index in [1.165, 1.54) is 52.0 Å². The maximum atomic E-state index is 2.63. The van der Waals surface area contributed by atoms with Gasteiger partial charge in [0.1, 0.15) is 0 Å². The summed E-state index contributed by atoms with van der Waals surface area (Å²) in [5.74, 6) is 0. The van der Waals surface area contributed by atoms with Crippen LogP contribution in [-0.2, 0) is 0 Å². The molecular formula is C13H28N2. The van der Waals surface area contributed by atoms with Gasteiger partial charge < -0.3 is 9.80 Å². The predicted molar refractivity (Wildman–Crippen MR) is 67.2 cm³/mol. The van der Waals surface area contributed by atoms with Crippen LogP contribution < -0.4 is 0 Å². The Hall–Kier alpha value is -0.0800. The highest BCUT2D eigenvalue weighted by molar-refractivity contribution is 4.96. The molecule has 0 aromatic rings. The fourth-order valence-corrected chi connectivity index (χ4v) is 2.98. The summed E-state index contributed by atoms with van der Waals surface area (Å²) in [4.78, 5) is 5.08. The van der Waals surface area contributed by atoms with Gasteiger partial charge in [0.05, 0.1) is 0 Å². The van der Waals surface area contributed by atoms with Gasteiger partial charge in [-0.3, -0.25) is 0 Å². The van der Waals surface area contributed by atoms with Crippen LogP contribution in [0.15, 0.2) is 0 Å². The molecule has 0 bridgehead atoms. The summed E-state index contributed by atoms with van der Waals surface area (Å²) in [6, 6.07) is 0. The number of hydrogen-bond donors (Lipinski definition) is 0. The number of likely N-dealkylation sites (tertiary alicyclic amines) is 2. The SMILES string of the molecule is CC.CCCN1CCC2(CC1)CN(C)C2. The minimum absolute atomic E-state index is 0.735. The summed E-state index contributed by atoms with van der Waals surface area (Å²) in [5, 5.41) is 0. The number of nitrogens with zero attached hydrogens (tertiary/aromatic N) is 2. The van der Waals surface area contributed by atoms with Crippen LogP contribution in [0.1, 0.15) is 40.0 Å². The molecule has 2 rings (SSSR count). The summed E-state index contributed by atoms with van der Waals surface area (Å²) < 4.78 is 0. The van der Waals surface area contributed by atoms with Crippen LogP contribution in [0.5, 0.6) is 0 Å². The molecular weight excluding hydrogens is 184 g/mol.